The molecule has 2 atom stereocenters. The molecule has 2 nitrogen and oxygen atoms in total. The normalized spacial score (nSPS) is 19.2. The van der Waals surface area contributed by atoms with Crippen LogP contribution in [-0.2, 0) is 31.5 Å². The molecule has 0 fully saturated rings. The van der Waals surface area contributed by atoms with E-state index in [0.717, 1.165) is 6.66 Å². The van der Waals surface area contributed by atoms with Crippen LogP contribution in [0.25, 0.3) is 0 Å². The van der Waals surface area contributed by atoms with Gasteiger partial charge in [-0.3, -0.25) is 4.57 Å². The second-order valence-electron chi connectivity index (χ2n) is 3.86. The van der Waals surface area contributed by atoms with E-state index in [-0.39, 0.29) is 33.9 Å². The molecule has 0 rings (SSSR count). The molecule has 0 aliphatic carbocycles. The number of hydrogen-bond donors (Lipinski definition) is 0. The van der Waals surface area contributed by atoms with Crippen molar-refractivity contribution in [3.05, 3.63) is 0 Å². The third-order valence-electron chi connectivity index (χ3n) is 1.57. The molecule has 79 valence electrons. The van der Waals surface area contributed by atoms with Crippen molar-refractivity contribution < 1.29 is 35.7 Å². The third kappa shape index (κ3) is 7.51. The van der Waals surface area contributed by atoms with E-state index >= 15 is 0 Å². The Morgan fingerprint density at radius 1 is 1.42 bits per heavy atom. The molecule has 0 aliphatic rings. The Bertz CT molecular complexity index is 173. The number of hydrogen-bond acceptors (Lipinski definition) is 2. The minimum absolute atomic E-state index is 0. The fourth-order valence-electron chi connectivity index (χ4n) is 0.441. The summed E-state index contributed by atoms with van der Waals surface area (Å²) in [5.41, 5.74) is -0.169. The predicted molar refractivity (Wildman–Crippen MR) is 44.6 cm³/mol. The van der Waals surface area contributed by atoms with Gasteiger partial charge in [-0.1, -0.05) is 20.8 Å². The zero-order chi connectivity index (χ0) is 9.28. The predicted octanol–water partition coefficient (Wildman–Crippen LogP) is 3.23. The largest absolute Gasteiger partial charge is 0.364 e. The fourth-order valence-corrected chi connectivity index (χ4v) is 1.32. The summed E-state index contributed by atoms with van der Waals surface area (Å²) in [6.45, 7) is 8.43. The van der Waals surface area contributed by atoms with Gasteiger partial charge in [-0.25, -0.2) is 0 Å². The van der Waals surface area contributed by atoms with Crippen LogP contribution >= 0.6 is 7.68 Å². The second-order valence-corrected chi connectivity index (χ2v) is 5.56. The molecule has 0 amide bonds. The SMILES string of the molecule is CC(OP(C)(=O)F)C(C)(C)C.[Au]. The fraction of sp³-hybridized carbons (Fsp3) is 1.00. The van der Waals surface area contributed by atoms with Crippen LogP contribution in [0, 0.1) is 5.41 Å². The summed E-state index contributed by atoms with van der Waals surface area (Å²) in [5, 5.41) is 0. The topological polar surface area (TPSA) is 26.3 Å². The first kappa shape index (κ1) is 15.3. The molecule has 0 bridgehead atoms. The number of halogens is 1. The first-order chi connectivity index (χ1) is 4.63. The molecule has 0 saturated heterocycles. The van der Waals surface area contributed by atoms with E-state index < -0.39 is 7.68 Å². The molecule has 0 heterocycles. The third-order valence-corrected chi connectivity index (χ3v) is 2.26. The Kier molecular flexibility index (Phi) is 6.29. The standard InChI is InChI=1S/C7H16FO2P.Au/c1-6(7(2,3)4)10-11(5,8)9;/h6H,1-5H3;. The van der Waals surface area contributed by atoms with Crippen LogP contribution in [0.5, 0.6) is 0 Å². The molecule has 0 N–H and O–H groups in total. The van der Waals surface area contributed by atoms with E-state index in [9.17, 15) is 8.76 Å². The summed E-state index contributed by atoms with van der Waals surface area (Å²) in [4.78, 5) is 0. The van der Waals surface area contributed by atoms with Gasteiger partial charge in [0.2, 0.25) is 0 Å². The van der Waals surface area contributed by atoms with Crippen LogP contribution in [0.15, 0.2) is 0 Å². The van der Waals surface area contributed by atoms with Crippen molar-refractivity contribution >= 4 is 7.68 Å². The van der Waals surface area contributed by atoms with Crippen molar-refractivity contribution in [1.29, 1.82) is 0 Å². The van der Waals surface area contributed by atoms with E-state index in [2.05, 4.69) is 0 Å². The summed E-state index contributed by atoms with van der Waals surface area (Å²) in [6.07, 6.45) is -0.330. The van der Waals surface area contributed by atoms with E-state index in [1.807, 2.05) is 20.8 Å². The van der Waals surface area contributed by atoms with Crippen molar-refractivity contribution in [1.82, 2.24) is 0 Å². The summed E-state index contributed by atoms with van der Waals surface area (Å²) >= 11 is 0. The number of rotatable bonds is 2. The van der Waals surface area contributed by atoms with Gasteiger partial charge in [0.25, 0.3) is 0 Å². The van der Waals surface area contributed by atoms with Gasteiger partial charge in [-0.05, 0) is 12.3 Å². The van der Waals surface area contributed by atoms with Gasteiger partial charge in [-0.2, -0.15) is 4.20 Å². The summed E-state index contributed by atoms with van der Waals surface area (Å²) in [5.74, 6) is 0. The molecule has 0 aromatic heterocycles. The van der Waals surface area contributed by atoms with Crippen LogP contribution in [0.2, 0.25) is 0 Å². The minimum Gasteiger partial charge on any atom is -0.302 e. The second kappa shape index (κ2) is 4.92. The van der Waals surface area contributed by atoms with Gasteiger partial charge in [0.1, 0.15) is 0 Å². The summed E-state index contributed by atoms with van der Waals surface area (Å²) < 4.78 is 27.8. The zero-order valence-electron chi connectivity index (χ0n) is 8.02. The van der Waals surface area contributed by atoms with E-state index in [1.54, 1.807) is 6.92 Å². The van der Waals surface area contributed by atoms with Crippen molar-refractivity contribution in [3.63, 3.8) is 0 Å². The maximum Gasteiger partial charge on any atom is 0.364 e. The van der Waals surface area contributed by atoms with Crippen LogP contribution in [0.1, 0.15) is 27.7 Å². The smallest absolute Gasteiger partial charge is 0.302 e. The van der Waals surface area contributed by atoms with Gasteiger partial charge < -0.3 is 4.52 Å². The molecular weight excluding hydrogens is 363 g/mol. The molecule has 0 aliphatic heterocycles. The van der Waals surface area contributed by atoms with Crippen molar-refractivity contribution in [3.8, 4) is 0 Å². The van der Waals surface area contributed by atoms with Crippen LogP contribution < -0.4 is 0 Å². The quantitative estimate of drug-likeness (QED) is 0.544. The molecule has 2 unspecified atom stereocenters. The monoisotopic (exact) mass is 379 g/mol. The first-order valence-corrected chi connectivity index (χ1v) is 5.55. The van der Waals surface area contributed by atoms with Crippen LogP contribution in [-0.4, -0.2) is 12.8 Å². The van der Waals surface area contributed by atoms with Gasteiger partial charge in [0, 0.05) is 29.0 Å². The Hall–Kier alpha value is 0.860. The Morgan fingerprint density at radius 2 is 1.75 bits per heavy atom. The average Bonchev–Trinajstić information content (AvgIpc) is 1.56. The van der Waals surface area contributed by atoms with Gasteiger partial charge in [-0.15, -0.1) is 0 Å². The first-order valence-electron chi connectivity index (χ1n) is 3.58. The molecule has 12 heavy (non-hydrogen) atoms. The summed E-state index contributed by atoms with van der Waals surface area (Å²) in [6, 6.07) is 0. The molecular formula is C7H16AuFO2P. The Balaban J connectivity index is 0. The van der Waals surface area contributed by atoms with Gasteiger partial charge >= 0.3 is 7.68 Å². The van der Waals surface area contributed by atoms with Crippen molar-refractivity contribution in [2.24, 2.45) is 5.41 Å². The molecule has 0 saturated carbocycles. The minimum atomic E-state index is -3.82. The van der Waals surface area contributed by atoms with Crippen molar-refractivity contribution in [2.75, 3.05) is 6.66 Å². The van der Waals surface area contributed by atoms with Crippen LogP contribution in [0.4, 0.5) is 4.20 Å². The average molecular weight is 379 g/mol. The van der Waals surface area contributed by atoms with E-state index in [4.69, 9.17) is 4.52 Å². The Morgan fingerprint density at radius 3 is 1.83 bits per heavy atom. The molecule has 0 aromatic rings. The maximum absolute atomic E-state index is 12.5. The molecule has 1 radical (unpaired) electrons. The van der Waals surface area contributed by atoms with Crippen LogP contribution in [0.3, 0.4) is 0 Å². The summed E-state index contributed by atoms with van der Waals surface area (Å²) in [7, 11) is -3.82. The van der Waals surface area contributed by atoms with Gasteiger partial charge in [0.15, 0.2) is 0 Å². The molecule has 0 spiro atoms. The van der Waals surface area contributed by atoms with Gasteiger partial charge in [0.05, 0.1) is 6.10 Å². The van der Waals surface area contributed by atoms with E-state index in [1.165, 1.54) is 0 Å². The zero-order valence-corrected chi connectivity index (χ0v) is 11.1. The van der Waals surface area contributed by atoms with Crippen molar-refractivity contribution in [2.45, 2.75) is 33.8 Å². The Labute approximate surface area is 89.3 Å². The molecule has 5 heteroatoms. The van der Waals surface area contributed by atoms with E-state index in [0.29, 0.717) is 0 Å². The molecule has 0 aromatic carbocycles. The maximum atomic E-state index is 12.5.